The standard InChI is InChI=1S/C26H41N3O4/c1-10-19(16-17(2)24(32)33)29(9)23(31)21(25(3,4)5)28-22(30)20(27-8)26(6,7)18-14-12-11-13-15-18/h11-16,19-21,27H,10H2,1-9H3,(H,28,30)(H,32,33)/t19-,20?,21+/m0/s1. The molecule has 0 aliphatic rings. The number of carboxylic acids is 1. The van der Waals surface area contributed by atoms with Gasteiger partial charge in [0.2, 0.25) is 11.8 Å². The lowest BCUT2D eigenvalue weighted by molar-refractivity contribution is -0.140. The summed E-state index contributed by atoms with van der Waals surface area (Å²) in [5.41, 5.74) is 0.110. The number of aliphatic carboxylic acids is 1. The van der Waals surface area contributed by atoms with Gasteiger partial charge in [-0.25, -0.2) is 4.79 Å². The zero-order chi connectivity index (χ0) is 25.6. The van der Waals surface area contributed by atoms with Crippen LogP contribution in [0.3, 0.4) is 0 Å². The van der Waals surface area contributed by atoms with Crippen LogP contribution in [0.1, 0.15) is 60.5 Å². The van der Waals surface area contributed by atoms with E-state index in [4.69, 9.17) is 0 Å². The smallest absolute Gasteiger partial charge is 0.331 e. The minimum atomic E-state index is -1.02. The van der Waals surface area contributed by atoms with E-state index in [9.17, 15) is 19.5 Å². The number of likely N-dealkylation sites (N-methyl/N-ethyl adjacent to an activating group) is 2. The largest absolute Gasteiger partial charge is 0.478 e. The summed E-state index contributed by atoms with van der Waals surface area (Å²) in [5.74, 6) is -1.54. The van der Waals surface area contributed by atoms with Crippen molar-refractivity contribution in [1.29, 1.82) is 0 Å². The van der Waals surface area contributed by atoms with Crippen molar-refractivity contribution in [3.05, 3.63) is 47.5 Å². The Labute approximate surface area is 198 Å². The molecule has 0 heterocycles. The Hall–Kier alpha value is -2.67. The Bertz CT molecular complexity index is 856. The van der Waals surface area contributed by atoms with Crippen molar-refractivity contribution in [2.24, 2.45) is 5.41 Å². The zero-order valence-corrected chi connectivity index (χ0v) is 21.5. The Morgan fingerprint density at radius 2 is 1.61 bits per heavy atom. The molecule has 2 amide bonds. The first-order chi connectivity index (χ1) is 15.2. The first kappa shape index (κ1) is 28.4. The van der Waals surface area contributed by atoms with Crippen LogP contribution in [0.4, 0.5) is 0 Å². The van der Waals surface area contributed by atoms with Gasteiger partial charge >= 0.3 is 5.97 Å². The lowest BCUT2D eigenvalue weighted by Crippen LogP contribution is -2.61. The van der Waals surface area contributed by atoms with Crippen LogP contribution in [0, 0.1) is 5.41 Å². The van der Waals surface area contributed by atoms with Gasteiger partial charge in [-0.3, -0.25) is 9.59 Å². The number of amides is 2. The van der Waals surface area contributed by atoms with Crippen LogP contribution >= 0.6 is 0 Å². The molecule has 0 aromatic heterocycles. The van der Waals surface area contributed by atoms with Gasteiger partial charge in [-0.05, 0) is 31.4 Å². The van der Waals surface area contributed by atoms with Crippen LogP contribution in [0.5, 0.6) is 0 Å². The minimum absolute atomic E-state index is 0.178. The molecular formula is C26H41N3O4. The molecule has 184 valence electrons. The average molecular weight is 460 g/mol. The molecule has 0 spiro atoms. The summed E-state index contributed by atoms with van der Waals surface area (Å²) in [5, 5.41) is 15.3. The first-order valence-corrected chi connectivity index (χ1v) is 11.4. The van der Waals surface area contributed by atoms with Gasteiger partial charge in [-0.15, -0.1) is 0 Å². The molecule has 1 aromatic carbocycles. The molecule has 3 atom stereocenters. The fourth-order valence-corrected chi connectivity index (χ4v) is 3.96. The molecule has 3 N–H and O–H groups in total. The van der Waals surface area contributed by atoms with Gasteiger partial charge in [0.1, 0.15) is 6.04 Å². The van der Waals surface area contributed by atoms with Crippen molar-refractivity contribution in [2.45, 2.75) is 78.4 Å². The third kappa shape index (κ3) is 7.16. The molecule has 7 heteroatoms. The zero-order valence-electron chi connectivity index (χ0n) is 21.5. The summed E-state index contributed by atoms with van der Waals surface area (Å²) in [6.45, 7) is 13.1. The highest BCUT2D eigenvalue weighted by Gasteiger charge is 2.41. The second kappa shape index (κ2) is 11.5. The van der Waals surface area contributed by atoms with E-state index in [1.807, 2.05) is 71.9 Å². The highest BCUT2D eigenvalue weighted by Crippen LogP contribution is 2.28. The highest BCUT2D eigenvalue weighted by molar-refractivity contribution is 5.91. The second-order valence-corrected chi connectivity index (χ2v) is 10.2. The van der Waals surface area contributed by atoms with Gasteiger partial charge in [0.25, 0.3) is 0 Å². The van der Waals surface area contributed by atoms with Gasteiger partial charge in [-0.1, -0.05) is 78.0 Å². The molecule has 0 bridgehead atoms. The lowest BCUT2D eigenvalue weighted by atomic mass is 9.76. The normalized spacial score (nSPS) is 15.4. The predicted octanol–water partition coefficient (Wildman–Crippen LogP) is 3.35. The van der Waals surface area contributed by atoms with Gasteiger partial charge in [0.15, 0.2) is 0 Å². The molecule has 0 aliphatic carbocycles. The molecule has 1 aromatic rings. The summed E-state index contributed by atoms with van der Waals surface area (Å²) in [6.07, 6.45) is 2.13. The maximum absolute atomic E-state index is 13.5. The Balaban J connectivity index is 3.23. The van der Waals surface area contributed by atoms with E-state index in [2.05, 4.69) is 10.6 Å². The number of carboxylic acid groups (broad SMARTS) is 1. The van der Waals surface area contributed by atoms with Crippen molar-refractivity contribution < 1.29 is 19.5 Å². The van der Waals surface area contributed by atoms with Gasteiger partial charge in [0.05, 0.1) is 12.1 Å². The SMILES string of the molecule is CC[C@@H](C=C(C)C(=O)O)N(C)C(=O)[C@@H](NC(=O)C(NC)C(C)(C)c1ccccc1)C(C)(C)C. The quantitative estimate of drug-likeness (QED) is 0.466. The lowest BCUT2D eigenvalue weighted by Gasteiger charge is -2.39. The Morgan fingerprint density at radius 3 is 2.03 bits per heavy atom. The van der Waals surface area contributed by atoms with Crippen LogP contribution in [0.25, 0.3) is 0 Å². The first-order valence-electron chi connectivity index (χ1n) is 11.4. The molecule has 1 rings (SSSR count). The Morgan fingerprint density at radius 1 is 1.06 bits per heavy atom. The van der Waals surface area contributed by atoms with Gasteiger partial charge in [-0.2, -0.15) is 0 Å². The molecule has 7 nitrogen and oxygen atoms in total. The summed E-state index contributed by atoms with van der Waals surface area (Å²) in [4.78, 5) is 39.8. The van der Waals surface area contributed by atoms with E-state index in [0.717, 1.165) is 5.56 Å². The van der Waals surface area contributed by atoms with E-state index in [0.29, 0.717) is 6.42 Å². The van der Waals surface area contributed by atoms with E-state index < -0.39 is 34.9 Å². The van der Waals surface area contributed by atoms with E-state index >= 15 is 0 Å². The van der Waals surface area contributed by atoms with Gasteiger partial charge < -0.3 is 20.6 Å². The fourth-order valence-electron chi connectivity index (χ4n) is 3.96. The van der Waals surface area contributed by atoms with Crippen molar-refractivity contribution >= 4 is 17.8 Å². The number of rotatable bonds is 10. The van der Waals surface area contributed by atoms with Crippen LogP contribution in [-0.4, -0.2) is 60.0 Å². The summed E-state index contributed by atoms with van der Waals surface area (Å²) in [6, 6.07) is 8.04. The molecule has 33 heavy (non-hydrogen) atoms. The second-order valence-electron chi connectivity index (χ2n) is 10.2. The van der Waals surface area contributed by atoms with Crippen molar-refractivity contribution in [3.63, 3.8) is 0 Å². The molecular weight excluding hydrogens is 418 g/mol. The van der Waals surface area contributed by atoms with Crippen LogP contribution in [0.15, 0.2) is 42.0 Å². The average Bonchev–Trinajstić information content (AvgIpc) is 2.74. The number of benzene rings is 1. The van der Waals surface area contributed by atoms with Crippen LogP contribution in [-0.2, 0) is 19.8 Å². The Kier molecular flexibility index (Phi) is 9.85. The van der Waals surface area contributed by atoms with Crippen LogP contribution < -0.4 is 10.6 Å². The summed E-state index contributed by atoms with van der Waals surface area (Å²) < 4.78 is 0. The molecule has 0 radical (unpaired) electrons. The number of carbonyl (C=O) groups excluding carboxylic acids is 2. The maximum atomic E-state index is 13.5. The van der Waals surface area contributed by atoms with E-state index in [1.165, 1.54) is 11.8 Å². The molecule has 0 fully saturated rings. The summed E-state index contributed by atoms with van der Waals surface area (Å²) >= 11 is 0. The van der Waals surface area contributed by atoms with Crippen molar-refractivity contribution in [1.82, 2.24) is 15.5 Å². The number of nitrogens with zero attached hydrogens (tertiary/aromatic N) is 1. The number of carbonyl (C=O) groups is 3. The number of nitrogens with one attached hydrogen (secondary N) is 2. The molecule has 0 saturated heterocycles. The third-order valence-electron chi connectivity index (χ3n) is 6.23. The maximum Gasteiger partial charge on any atom is 0.331 e. The highest BCUT2D eigenvalue weighted by atomic mass is 16.4. The molecule has 0 aliphatic heterocycles. The molecule has 1 unspecified atom stereocenters. The van der Waals surface area contributed by atoms with Crippen molar-refractivity contribution in [2.75, 3.05) is 14.1 Å². The monoisotopic (exact) mass is 459 g/mol. The van der Waals surface area contributed by atoms with E-state index in [1.54, 1.807) is 20.2 Å². The van der Waals surface area contributed by atoms with Crippen molar-refractivity contribution in [3.8, 4) is 0 Å². The van der Waals surface area contributed by atoms with Crippen LogP contribution in [0.2, 0.25) is 0 Å². The number of hydrogen-bond donors (Lipinski definition) is 3. The molecule has 0 saturated carbocycles. The predicted molar refractivity (Wildman–Crippen MR) is 132 cm³/mol. The summed E-state index contributed by atoms with van der Waals surface area (Å²) in [7, 11) is 3.39. The number of hydrogen-bond acceptors (Lipinski definition) is 4. The van der Waals surface area contributed by atoms with E-state index in [-0.39, 0.29) is 17.4 Å². The topological polar surface area (TPSA) is 98.7 Å². The fraction of sp³-hybridized carbons (Fsp3) is 0.577. The van der Waals surface area contributed by atoms with Gasteiger partial charge in [0, 0.05) is 18.0 Å². The third-order valence-corrected chi connectivity index (χ3v) is 6.23. The minimum Gasteiger partial charge on any atom is -0.478 e.